The fourth-order valence-corrected chi connectivity index (χ4v) is 6.14. The Labute approximate surface area is 171 Å². The lowest BCUT2D eigenvalue weighted by atomic mass is 9.94. The third-order valence-electron chi connectivity index (χ3n) is 7.00. The molecule has 0 atom stereocenters. The minimum absolute atomic E-state index is 0.195. The van der Waals surface area contributed by atoms with Crippen molar-refractivity contribution in [3.8, 4) is 0 Å². The topological polar surface area (TPSA) is 49.3 Å². The molecule has 0 bridgehead atoms. The Morgan fingerprint density at radius 2 is 1.71 bits per heavy atom. The molecule has 0 aromatic carbocycles. The van der Waals surface area contributed by atoms with Crippen LogP contribution < -0.4 is 4.90 Å². The van der Waals surface area contributed by atoms with Crippen molar-refractivity contribution in [3.05, 3.63) is 16.8 Å². The molecule has 3 heterocycles. The third kappa shape index (κ3) is 3.19. The number of carbonyl (C=O) groups excluding carboxylic acids is 1. The Hall–Kier alpha value is -1.69. The van der Waals surface area contributed by atoms with Crippen molar-refractivity contribution < 1.29 is 4.79 Å². The van der Waals surface area contributed by atoms with Crippen LogP contribution in [-0.2, 0) is 4.79 Å². The molecule has 0 radical (unpaired) electrons. The van der Waals surface area contributed by atoms with E-state index in [0.29, 0.717) is 18.0 Å². The van der Waals surface area contributed by atoms with Crippen molar-refractivity contribution in [3.63, 3.8) is 0 Å². The van der Waals surface area contributed by atoms with E-state index in [0.717, 1.165) is 36.6 Å². The fraction of sp³-hybridized carbons (Fsp3) is 0.682. The predicted molar refractivity (Wildman–Crippen MR) is 114 cm³/mol. The van der Waals surface area contributed by atoms with Gasteiger partial charge in [0, 0.05) is 36.0 Å². The zero-order valence-electron chi connectivity index (χ0n) is 17.0. The predicted octanol–water partition coefficient (Wildman–Crippen LogP) is 4.46. The first-order valence-corrected chi connectivity index (χ1v) is 11.7. The number of piperidine rings is 1. The number of aromatic nitrogens is 2. The number of hydrogen-bond donors (Lipinski definition) is 0. The summed E-state index contributed by atoms with van der Waals surface area (Å²) in [7, 11) is 0. The van der Waals surface area contributed by atoms with Gasteiger partial charge in [-0.2, -0.15) is 0 Å². The van der Waals surface area contributed by atoms with Crippen molar-refractivity contribution in [1.29, 1.82) is 0 Å². The van der Waals surface area contributed by atoms with E-state index in [1.165, 1.54) is 54.4 Å². The fourth-order valence-electron chi connectivity index (χ4n) is 5.15. The number of carbonyl (C=O) groups is 1. The Morgan fingerprint density at radius 1 is 1.04 bits per heavy atom. The Bertz CT molecular complexity index is 876. The van der Waals surface area contributed by atoms with Crippen LogP contribution in [0, 0.1) is 19.8 Å². The Kier molecular flexibility index (Phi) is 4.77. The highest BCUT2D eigenvalue weighted by atomic mass is 32.1. The van der Waals surface area contributed by atoms with Gasteiger partial charge in [-0.3, -0.25) is 4.79 Å². The molecule has 0 N–H and O–H groups in total. The second-order valence-electron chi connectivity index (χ2n) is 8.84. The number of fused-ring (bicyclic) bond motifs is 1. The summed E-state index contributed by atoms with van der Waals surface area (Å²) in [6.45, 7) is 6.17. The zero-order chi connectivity index (χ0) is 19.3. The molecule has 28 heavy (non-hydrogen) atoms. The van der Waals surface area contributed by atoms with Crippen molar-refractivity contribution >= 4 is 33.3 Å². The second kappa shape index (κ2) is 7.29. The van der Waals surface area contributed by atoms with E-state index in [1.807, 2.05) is 0 Å². The molecule has 150 valence electrons. The SMILES string of the molecule is Cc1sc2ncnc(N3CCC(C(=O)N(C4CCCC4)C4CC4)CC3)c2c1C. The second-order valence-corrected chi connectivity index (χ2v) is 10.0. The number of hydrogen-bond acceptors (Lipinski definition) is 5. The Balaban J connectivity index is 1.31. The lowest BCUT2D eigenvalue weighted by molar-refractivity contribution is -0.139. The molecule has 2 aliphatic carbocycles. The smallest absolute Gasteiger partial charge is 0.226 e. The lowest BCUT2D eigenvalue weighted by Crippen LogP contribution is -2.47. The Morgan fingerprint density at radius 3 is 2.39 bits per heavy atom. The maximum atomic E-state index is 13.4. The summed E-state index contributed by atoms with van der Waals surface area (Å²) >= 11 is 1.75. The van der Waals surface area contributed by atoms with Crippen molar-refractivity contribution in [2.75, 3.05) is 18.0 Å². The minimum Gasteiger partial charge on any atom is -0.356 e. The van der Waals surface area contributed by atoms with Gasteiger partial charge in [-0.05, 0) is 57.9 Å². The van der Waals surface area contributed by atoms with Gasteiger partial charge in [0.2, 0.25) is 5.91 Å². The number of rotatable bonds is 4. The van der Waals surface area contributed by atoms with Crippen molar-refractivity contribution in [2.45, 2.75) is 77.3 Å². The average Bonchev–Trinajstić information content (AvgIpc) is 3.31. The molecule has 0 unspecified atom stereocenters. The highest BCUT2D eigenvalue weighted by Crippen LogP contribution is 2.38. The van der Waals surface area contributed by atoms with E-state index in [1.54, 1.807) is 17.7 Å². The molecule has 3 aliphatic rings. The normalized spacial score (nSPS) is 21.6. The molecule has 6 heteroatoms. The van der Waals surface area contributed by atoms with E-state index < -0.39 is 0 Å². The molecule has 3 fully saturated rings. The molecule has 1 aliphatic heterocycles. The molecule has 2 saturated carbocycles. The zero-order valence-corrected chi connectivity index (χ0v) is 17.8. The summed E-state index contributed by atoms with van der Waals surface area (Å²) in [6, 6.07) is 1.07. The van der Waals surface area contributed by atoms with Gasteiger partial charge in [0.15, 0.2) is 0 Å². The first kappa shape index (κ1) is 18.3. The number of aryl methyl sites for hydroxylation is 2. The van der Waals surface area contributed by atoms with Gasteiger partial charge >= 0.3 is 0 Å². The van der Waals surface area contributed by atoms with Gasteiger partial charge in [0.1, 0.15) is 17.0 Å². The number of thiophene rings is 1. The van der Waals surface area contributed by atoms with Gasteiger partial charge < -0.3 is 9.80 Å². The monoisotopic (exact) mass is 398 g/mol. The molecular formula is C22H30N4OS. The van der Waals surface area contributed by atoms with Gasteiger partial charge in [-0.25, -0.2) is 9.97 Å². The number of anilines is 1. The van der Waals surface area contributed by atoms with Crippen LogP contribution in [0.4, 0.5) is 5.82 Å². The van der Waals surface area contributed by atoms with Gasteiger partial charge in [0.05, 0.1) is 5.39 Å². The van der Waals surface area contributed by atoms with E-state index >= 15 is 0 Å². The number of nitrogens with zero attached hydrogens (tertiary/aromatic N) is 4. The molecule has 2 aromatic rings. The van der Waals surface area contributed by atoms with E-state index in [4.69, 9.17) is 0 Å². The highest BCUT2D eigenvalue weighted by Gasteiger charge is 2.41. The average molecular weight is 399 g/mol. The van der Waals surface area contributed by atoms with Crippen LogP contribution in [0.15, 0.2) is 6.33 Å². The van der Waals surface area contributed by atoms with Crippen LogP contribution in [0.1, 0.15) is 61.8 Å². The van der Waals surface area contributed by atoms with E-state index in [-0.39, 0.29) is 5.92 Å². The maximum Gasteiger partial charge on any atom is 0.226 e. The summed E-state index contributed by atoms with van der Waals surface area (Å²) in [6.07, 6.45) is 11.1. The standard InChI is InChI=1S/C22H30N4OS/c1-14-15(2)28-21-19(14)20(23-13-24-21)25-11-9-16(10-12-25)22(27)26(18-7-8-18)17-5-3-4-6-17/h13,16-18H,3-12H2,1-2H3. The van der Waals surface area contributed by atoms with Gasteiger partial charge in [0.25, 0.3) is 0 Å². The van der Waals surface area contributed by atoms with Crippen LogP contribution in [0.3, 0.4) is 0 Å². The largest absolute Gasteiger partial charge is 0.356 e. The summed E-state index contributed by atoms with van der Waals surface area (Å²) < 4.78 is 0. The van der Waals surface area contributed by atoms with Gasteiger partial charge in [-0.15, -0.1) is 11.3 Å². The molecule has 2 aromatic heterocycles. The van der Waals surface area contributed by atoms with Crippen molar-refractivity contribution in [1.82, 2.24) is 14.9 Å². The first-order chi connectivity index (χ1) is 13.6. The number of amides is 1. The maximum absolute atomic E-state index is 13.4. The van der Waals surface area contributed by atoms with E-state index in [2.05, 4.69) is 33.6 Å². The first-order valence-electron chi connectivity index (χ1n) is 10.9. The minimum atomic E-state index is 0.195. The van der Waals surface area contributed by atoms with Crippen LogP contribution in [0.5, 0.6) is 0 Å². The summed E-state index contributed by atoms with van der Waals surface area (Å²) in [4.78, 5) is 29.6. The van der Waals surface area contributed by atoms with Gasteiger partial charge in [-0.1, -0.05) is 12.8 Å². The van der Waals surface area contributed by atoms with Crippen LogP contribution in [0.25, 0.3) is 10.2 Å². The molecule has 0 spiro atoms. The van der Waals surface area contributed by atoms with E-state index in [9.17, 15) is 4.79 Å². The quantitative estimate of drug-likeness (QED) is 0.763. The summed E-state index contributed by atoms with van der Waals surface area (Å²) in [5.41, 5.74) is 1.30. The third-order valence-corrected chi connectivity index (χ3v) is 8.12. The summed E-state index contributed by atoms with van der Waals surface area (Å²) in [5, 5.41) is 1.21. The molecule has 1 amide bonds. The van der Waals surface area contributed by atoms with Crippen LogP contribution in [-0.4, -0.2) is 45.9 Å². The molecule has 5 nitrogen and oxygen atoms in total. The lowest BCUT2D eigenvalue weighted by Gasteiger charge is -2.37. The molecule has 5 rings (SSSR count). The molecule has 1 saturated heterocycles. The molecular weight excluding hydrogens is 368 g/mol. The summed E-state index contributed by atoms with van der Waals surface area (Å²) in [5.74, 6) is 1.71. The van der Waals surface area contributed by atoms with Crippen LogP contribution in [0.2, 0.25) is 0 Å². The van der Waals surface area contributed by atoms with Crippen molar-refractivity contribution in [2.24, 2.45) is 5.92 Å². The highest BCUT2D eigenvalue weighted by molar-refractivity contribution is 7.18. The van der Waals surface area contributed by atoms with Crippen LogP contribution >= 0.6 is 11.3 Å².